The molecule has 0 aliphatic heterocycles. The molecular weight excluding hydrogens is 332 g/mol. The van der Waals surface area contributed by atoms with Crippen molar-refractivity contribution in [1.29, 1.82) is 0 Å². The summed E-state index contributed by atoms with van der Waals surface area (Å²) in [6.07, 6.45) is 3.46. The number of aryl methyl sites for hydroxylation is 4. The van der Waals surface area contributed by atoms with Crippen LogP contribution in [-0.4, -0.2) is 12.2 Å². The fraction of sp³-hybridized carbons (Fsp3) is 0.520. The summed E-state index contributed by atoms with van der Waals surface area (Å²) >= 11 is 0. The number of ether oxygens (including phenoxy) is 2. The summed E-state index contributed by atoms with van der Waals surface area (Å²) in [5.74, 6) is 2.08. The zero-order chi connectivity index (χ0) is 20.1. The van der Waals surface area contributed by atoms with E-state index in [1.54, 1.807) is 0 Å². The summed E-state index contributed by atoms with van der Waals surface area (Å²) in [5.41, 5.74) is 7.53. The van der Waals surface area contributed by atoms with Crippen molar-refractivity contribution < 1.29 is 9.47 Å². The third-order valence-corrected chi connectivity index (χ3v) is 5.24. The Hall–Kier alpha value is -1.96. The zero-order valence-corrected chi connectivity index (χ0v) is 18.4. The maximum atomic E-state index is 6.12. The molecule has 2 rings (SSSR count). The first-order chi connectivity index (χ1) is 12.7. The fourth-order valence-electron chi connectivity index (χ4n) is 3.46. The molecule has 0 aromatic heterocycles. The first-order valence-corrected chi connectivity index (χ1v) is 10.3. The zero-order valence-electron chi connectivity index (χ0n) is 18.4. The number of benzene rings is 2. The van der Waals surface area contributed by atoms with Crippen LogP contribution in [-0.2, 0) is 6.42 Å². The van der Waals surface area contributed by atoms with Crippen molar-refractivity contribution in [3.05, 3.63) is 57.6 Å². The lowest BCUT2D eigenvalue weighted by molar-refractivity contribution is 0.214. The minimum absolute atomic E-state index is 0.247. The summed E-state index contributed by atoms with van der Waals surface area (Å²) in [7, 11) is 0. The van der Waals surface area contributed by atoms with Gasteiger partial charge in [0.2, 0.25) is 0 Å². The van der Waals surface area contributed by atoms with E-state index in [-0.39, 0.29) is 12.2 Å². The lowest BCUT2D eigenvalue weighted by Gasteiger charge is -2.19. The van der Waals surface area contributed by atoms with E-state index < -0.39 is 0 Å². The molecule has 0 aliphatic rings. The van der Waals surface area contributed by atoms with Gasteiger partial charge in [0.15, 0.2) is 0 Å². The topological polar surface area (TPSA) is 18.5 Å². The Morgan fingerprint density at radius 2 is 0.926 bits per heavy atom. The average Bonchev–Trinajstić information content (AvgIpc) is 2.60. The molecule has 2 atom stereocenters. The number of hydrogen-bond acceptors (Lipinski definition) is 2. The van der Waals surface area contributed by atoms with Gasteiger partial charge in [-0.25, -0.2) is 0 Å². The van der Waals surface area contributed by atoms with E-state index in [0.29, 0.717) is 0 Å². The Kier molecular flexibility index (Phi) is 7.35. The highest BCUT2D eigenvalue weighted by molar-refractivity contribution is 5.47. The standard InChI is InChI=1S/C25H36O2/c1-9-20(7)26-24-16(3)11-22(12-17(24)4)15-23-13-18(5)25(19(6)14-23)27-21(8)10-2/h11-14,20-21H,9-10,15H2,1-8H3. The van der Waals surface area contributed by atoms with E-state index in [9.17, 15) is 0 Å². The van der Waals surface area contributed by atoms with Gasteiger partial charge in [-0.15, -0.1) is 0 Å². The summed E-state index contributed by atoms with van der Waals surface area (Å²) < 4.78 is 12.2. The van der Waals surface area contributed by atoms with Crippen LogP contribution < -0.4 is 9.47 Å². The van der Waals surface area contributed by atoms with Gasteiger partial charge in [-0.05, 0) is 94.2 Å². The van der Waals surface area contributed by atoms with Crippen LogP contribution in [0.5, 0.6) is 11.5 Å². The molecule has 27 heavy (non-hydrogen) atoms. The van der Waals surface area contributed by atoms with E-state index in [1.165, 1.54) is 33.4 Å². The minimum Gasteiger partial charge on any atom is -0.490 e. The Bertz CT molecular complexity index is 664. The third kappa shape index (κ3) is 5.51. The molecule has 148 valence electrons. The second kappa shape index (κ2) is 9.30. The van der Waals surface area contributed by atoms with Crippen LogP contribution in [0.15, 0.2) is 24.3 Å². The molecule has 2 aromatic rings. The average molecular weight is 369 g/mol. The highest BCUT2D eigenvalue weighted by Crippen LogP contribution is 2.30. The summed E-state index contributed by atoms with van der Waals surface area (Å²) in [6.45, 7) is 17.2. The van der Waals surface area contributed by atoms with Crippen LogP contribution in [0.1, 0.15) is 73.9 Å². The molecule has 0 fully saturated rings. The van der Waals surface area contributed by atoms with Crippen LogP contribution in [0.25, 0.3) is 0 Å². The Labute approximate surface area is 165 Å². The summed E-state index contributed by atoms with van der Waals surface area (Å²) in [5, 5.41) is 0. The van der Waals surface area contributed by atoms with Crippen LogP contribution >= 0.6 is 0 Å². The van der Waals surface area contributed by atoms with Crippen LogP contribution in [0.2, 0.25) is 0 Å². The Balaban J connectivity index is 2.24. The van der Waals surface area contributed by atoms with Gasteiger partial charge in [0, 0.05) is 0 Å². The second-order valence-electron chi connectivity index (χ2n) is 7.97. The van der Waals surface area contributed by atoms with Gasteiger partial charge in [0.1, 0.15) is 11.5 Å². The fourth-order valence-corrected chi connectivity index (χ4v) is 3.46. The van der Waals surface area contributed by atoms with Gasteiger partial charge in [-0.3, -0.25) is 0 Å². The van der Waals surface area contributed by atoms with Crippen molar-refractivity contribution in [1.82, 2.24) is 0 Å². The molecule has 0 amide bonds. The van der Waals surface area contributed by atoms with Crippen LogP contribution in [0.3, 0.4) is 0 Å². The normalized spacial score (nSPS) is 13.3. The van der Waals surface area contributed by atoms with Crippen molar-refractivity contribution in [3.63, 3.8) is 0 Å². The molecule has 0 saturated carbocycles. The van der Waals surface area contributed by atoms with Gasteiger partial charge in [0.05, 0.1) is 12.2 Å². The summed E-state index contributed by atoms with van der Waals surface area (Å²) in [6, 6.07) is 9.05. The van der Waals surface area contributed by atoms with Gasteiger partial charge in [-0.2, -0.15) is 0 Å². The Morgan fingerprint density at radius 1 is 0.630 bits per heavy atom. The first-order valence-electron chi connectivity index (χ1n) is 10.3. The molecular formula is C25H36O2. The van der Waals surface area contributed by atoms with E-state index >= 15 is 0 Å². The molecule has 2 nitrogen and oxygen atoms in total. The number of hydrogen-bond donors (Lipinski definition) is 0. The van der Waals surface area contributed by atoms with Crippen molar-refractivity contribution in [2.45, 2.75) is 86.9 Å². The minimum atomic E-state index is 0.247. The van der Waals surface area contributed by atoms with Gasteiger partial charge in [0.25, 0.3) is 0 Å². The van der Waals surface area contributed by atoms with Crippen molar-refractivity contribution >= 4 is 0 Å². The van der Waals surface area contributed by atoms with Gasteiger partial charge in [-0.1, -0.05) is 38.1 Å². The lowest BCUT2D eigenvalue weighted by Crippen LogP contribution is -2.12. The van der Waals surface area contributed by atoms with Crippen molar-refractivity contribution in [3.8, 4) is 11.5 Å². The predicted molar refractivity (Wildman–Crippen MR) is 115 cm³/mol. The van der Waals surface area contributed by atoms with Gasteiger partial charge >= 0.3 is 0 Å². The lowest BCUT2D eigenvalue weighted by atomic mass is 9.97. The van der Waals surface area contributed by atoms with Crippen LogP contribution in [0.4, 0.5) is 0 Å². The molecule has 2 aromatic carbocycles. The quantitative estimate of drug-likeness (QED) is 0.506. The molecule has 2 unspecified atom stereocenters. The predicted octanol–water partition coefficient (Wildman–Crippen LogP) is 6.87. The smallest absolute Gasteiger partial charge is 0.125 e. The molecule has 0 aliphatic carbocycles. The first kappa shape index (κ1) is 21.3. The molecule has 0 saturated heterocycles. The third-order valence-electron chi connectivity index (χ3n) is 5.24. The molecule has 0 heterocycles. The summed E-state index contributed by atoms with van der Waals surface area (Å²) in [4.78, 5) is 0. The second-order valence-corrected chi connectivity index (χ2v) is 7.97. The van der Waals surface area contributed by atoms with E-state index in [0.717, 1.165) is 30.8 Å². The van der Waals surface area contributed by atoms with E-state index in [1.807, 2.05) is 0 Å². The maximum Gasteiger partial charge on any atom is 0.125 e. The van der Waals surface area contributed by atoms with Crippen molar-refractivity contribution in [2.24, 2.45) is 0 Å². The Morgan fingerprint density at radius 3 is 1.19 bits per heavy atom. The van der Waals surface area contributed by atoms with Crippen LogP contribution in [0, 0.1) is 27.7 Å². The molecule has 0 N–H and O–H groups in total. The molecule has 0 bridgehead atoms. The monoisotopic (exact) mass is 368 g/mol. The van der Waals surface area contributed by atoms with E-state index in [2.05, 4.69) is 79.7 Å². The SMILES string of the molecule is CCC(C)Oc1c(C)cc(Cc2cc(C)c(OC(C)CC)c(C)c2)cc1C. The van der Waals surface area contributed by atoms with E-state index in [4.69, 9.17) is 9.47 Å². The molecule has 2 heteroatoms. The highest BCUT2D eigenvalue weighted by Gasteiger charge is 2.12. The molecule has 0 spiro atoms. The van der Waals surface area contributed by atoms with Gasteiger partial charge < -0.3 is 9.47 Å². The number of rotatable bonds is 8. The highest BCUT2D eigenvalue weighted by atomic mass is 16.5. The van der Waals surface area contributed by atoms with Crippen molar-refractivity contribution in [2.75, 3.05) is 0 Å². The largest absolute Gasteiger partial charge is 0.490 e. The molecule has 0 radical (unpaired) electrons. The maximum absolute atomic E-state index is 6.12.